The second-order valence-electron chi connectivity index (χ2n) is 10.6. The van der Waals surface area contributed by atoms with Crippen molar-refractivity contribution >= 4 is 58.1 Å². The van der Waals surface area contributed by atoms with Crippen molar-refractivity contribution in [1.29, 1.82) is 0 Å². The molecular weight excluding hydrogens is 556 g/mol. The summed E-state index contributed by atoms with van der Waals surface area (Å²) in [6.07, 6.45) is 3.59. The standard InChI is InChI=1S/C30H36N6O5S/c1-16(2)26(36-27(37)21(31)15-42)29(39)34-24(11-17-13-32-22-9-5-3-7-19(17)22)28(38)35-25(30(40)41)12-18-14-33-23-10-6-4-8-20(18)23/h3-10,13-14,16,21,24-26,32-33,42H,11-12,15,31H2,1-2H3,(H,34,39)(H,35,38)(H,36,37)(H,40,41). The highest BCUT2D eigenvalue weighted by molar-refractivity contribution is 7.80. The van der Waals surface area contributed by atoms with E-state index >= 15 is 0 Å². The van der Waals surface area contributed by atoms with Gasteiger partial charge in [0.1, 0.15) is 18.1 Å². The van der Waals surface area contributed by atoms with E-state index in [0.29, 0.717) is 0 Å². The molecule has 0 aliphatic heterocycles. The number of rotatable bonds is 13. The average molecular weight is 593 g/mol. The number of aromatic nitrogens is 2. The van der Waals surface area contributed by atoms with Crippen LogP contribution in [0.1, 0.15) is 25.0 Å². The molecule has 4 rings (SSSR count). The summed E-state index contributed by atoms with van der Waals surface area (Å²) in [4.78, 5) is 58.2. The van der Waals surface area contributed by atoms with E-state index in [-0.39, 0.29) is 24.5 Å². The van der Waals surface area contributed by atoms with Gasteiger partial charge in [0.25, 0.3) is 0 Å². The molecular formula is C30H36N6O5S. The maximum Gasteiger partial charge on any atom is 0.326 e. The Labute approximate surface area is 248 Å². The Morgan fingerprint density at radius 2 is 1.29 bits per heavy atom. The van der Waals surface area contributed by atoms with E-state index in [0.717, 1.165) is 32.9 Å². The molecule has 3 amide bonds. The topological polar surface area (TPSA) is 182 Å². The number of nitrogens with two attached hydrogens (primary N) is 1. The van der Waals surface area contributed by atoms with Crippen LogP contribution in [0.15, 0.2) is 60.9 Å². The van der Waals surface area contributed by atoms with Crippen LogP contribution in [0.5, 0.6) is 0 Å². The quantitative estimate of drug-likeness (QED) is 0.110. The van der Waals surface area contributed by atoms with E-state index in [4.69, 9.17) is 5.73 Å². The SMILES string of the molecule is CC(C)C(NC(=O)C(N)CS)C(=O)NC(Cc1c[nH]c2ccccc12)C(=O)NC(Cc1c[nH]c2ccccc12)C(=O)O. The molecule has 2 aromatic heterocycles. The van der Waals surface area contributed by atoms with Crippen molar-refractivity contribution < 1.29 is 24.3 Å². The average Bonchev–Trinajstić information content (AvgIpc) is 3.58. The molecule has 42 heavy (non-hydrogen) atoms. The molecule has 222 valence electrons. The minimum absolute atomic E-state index is 0.0329. The van der Waals surface area contributed by atoms with Gasteiger partial charge in [-0.25, -0.2) is 4.79 Å². The molecule has 4 unspecified atom stereocenters. The molecule has 0 radical (unpaired) electrons. The molecule has 2 aromatic carbocycles. The summed E-state index contributed by atoms with van der Waals surface area (Å²) in [5.41, 5.74) is 8.99. The van der Waals surface area contributed by atoms with Crippen LogP contribution in [0.4, 0.5) is 0 Å². The summed E-state index contributed by atoms with van der Waals surface area (Å²) in [5, 5.41) is 19.8. The number of amides is 3. The number of hydrogen-bond acceptors (Lipinski definition) is 6. The normalized spacial score (nSPS) is 14.3. The number of aliphatic carboxylic acids is 1. The van der Waals surface area contributed by atoms with Gasteiger partial charge in [0.2, 0.25) is 17.7 Å². The summed E-state index contributed by atoms with van der Waals surface area (Å²) in [6.45, 7) is 3.51. The Bertz CT molecular complexity index is 1580. The van der Waals surface area contributed by atoms with Crippen LogP contribution in [0.3, 0.4) is 0 Å². The fraction of sp³-hybridized carbons (Fsp3) is 0.333. The summed E-state index contributed by atoms with van der Waals surface area (Å²) in [7, 11) is 0. The van der Waals surface area contributed by atoms with Crippen molar-refractivity contribution in [3.8, 4) is 0 Å². The number of thiol groups is 1. The lowest BCUT2D eigenvalue weighted by atomic mass is 9.99. The molecule has 2 heterocycles. The molecule has 0 bridgehead atoms. The zero-order valence-electron chi connectivity index (χ0n) is 23.4. The number of nitrogens with one attached hydrogen (secondary N) is 5. The highest BCUT2D eigenvalue weighted by Gasteiger charge is 2.32. The van der Waals surface area contributed by atoms with Crippen LogP contribution >= 0.6 is 12.6 Å². The van der Waals surface area contributed by atoms with Gasteiger partial charge in [-0.15, -0.1) is 0 Å². The highest BCUT2D eigenvalue weighted by Crippen LogP contribution is 2.21. The Hall–Kier alpha value is -4.29. The van der Waals surface area contributed by atoms with Gasteiger partial charge in [-0.3, -0.25) is 14.4 Å². The second kappa shape index (κ2) is 13.6. The zero-order chi connectivity index (χ0) is 30.4. The number of carbonyl (C=O) groups is 4. The summed E-state index contributed by atoms with van der Waals surface area (Å²) in [6, 6.07) is 10.7. The van der Waals surface area contributed by atoms with Crippen LogP contribution in [0.25, 0.3) is 21.8 Å². The molecule has 12 heteroatoms. The predicted molar refractivity (Wildman–Crippen MR) is 164 cm³/mol. The van der Waals surface area contributed by atoms with E-state index in [1.54, 1.807) is 26.2 Å². The van der Waals surface area contributed by atoms with Gasteiger partial charge in [0.15, 0.2) is 0 Å². The van der Waals surface area contributed by atoms with Crippen LogP contribution < -0.4 is 21.7 Å². The summed E-state index contributed by atoms with van der Waals surface area (Å²) >= 11 is 4.05. The third-order valence-corrected chi connectivity index (χ3v) is 7.62. The van der Waals surface area contributed by atoms with Crippen LogP contribution in [-0.4, -0.2) is 68.7 Å². The fourth-order valence-corrected chi connectivity index (χ4v) is 5.03. The molecule has 0 saturated carbocycles. The van der Waals surface area contributed by atoms with Gasteiger partial charge < -0.3 is 36.8 Å². The molecule has 11 nitrogen and oxygen atoms in total. The Kier molecular flexibility index (Phi) is 9.92. The third kappa shape index (κ3) is 7.12. The number of hydrogen-bond donors (Lipinski definition) is 8. The van der Waals surface area contributed by atoms with Crippen molar-refractivity contribution in [2.45, 2.75) is 50.9 Å². The van der Waals surface area contributed by atoms with E-state index < -0.39 is 47.9 Å². The number of carboxylic acids is 1. The molecule has 0 aliphatic carbocycles. The van der Waals surface area contributed by atoms with Crippen molar-refractivity contribution in [2.75, 3.05) is 5.75 Å². The van der Waals surface area contributed by atoms with E-state index in [9.17, 15) is 24.3 Å². The van der Waals surface area contributed by atoms with Crippen LogP contribution in [0.2, 0.25) is 0 Å². The maximum absolute atomic E-state index is 13.7. The van der Waals surface area contributed by atoms with Crippen molar-refractivity contribution in [3.05, 3.63) is 72.1 Å². The zero-order valence-corrected chi connectivity index (χ0v) is 24.3. The second-order valence-corrected chi connectivity index (χ2v) is 11.0. The first-order valence-corrected chi connectivity index (χ1v) is 14.3. The number of carbonyl (C=O) groups excluding carboxylic acids is 3. The monoisotopic (exact) mass is 592 g/mol. The van der Waals surface area contributed by atoms with Crippen molar-refractivity contribution in [3.63, 3.8) is 0 Å². The largest absolute Gasteiger partial charge is 0.480 e. The molecule has 4 atom stereocenters. The predicted octanol–water partition coefficient (Wildman–Crippen LogP) is 1.89. The Morgan fingerprint density at radius 1 is 0.786 bits per heavy atom. The van der Waals surface area contributed by atoms with E-state index in [2.05, 4.69) is 38.5 Å². The number of aromatic amines is 2. The minimum atomic E-state index is -1.26. The lowest BCUT2D eigenvalue weighted by Gasteiger charge is -2.27. The number of para-hydroxylation sites is 2. The molecule has 8 N–H and O–H groups in total. The first kappa shape index (κ1) is 30.7. The molecule has 0 aliphatic rings. The summed E-state index contributed by atoms with van der Waals surface area (Å²) < 4.78 is 0. The Morgan fingerprint density at radius 3 is 1.79 bits per heavy atom. The number of H-pyrrole nitrogens is 2. The fourth-order valence-electron chi connectivity index (χ4n) is 4.86. The van der Waals surface area contributed by atoms with Gasteiger partial charge in [0, 0.05) is 52.8 Å². The number of carboxylic acid groups (broad SMARTS) is 1. The Balaban J connectivity index is 1.59. The lowest BCUT2D eigenvalue weighted by molar-refractivity contribution is -0.142. The highest BCUT2D eigenvalue weighted by atomic mass is 32.1. The van der Waals surface area contributed by atoms with Crippen molar-refractivity contribution in [2.24, 2.45) is 11.7 Å². The lowest BCUT2D eigenvalue weighted by Crippen LogP contribution is -2.59. The van der Waals surface area contributed by atoms with Gasteiger partial charge >= 0.3 is 5.97 Å². The molecule has 0 saturated heterocycles. The van der Waals surface area contributed by atoms with Crippen LogP contribution in [0, 0.1) is 5.92 Å². The van der Waals surface area contributed by atoms with Gasteiger partial charge in [-0.05, 0) is 29.2 Å². The molecule has 4 aromatic rings. The van der Waals surface area contributed by atoms with Gasteiger partial charge in [-0.1, -0.05) is 50.2 Å². The van der Waals surface area contributed by atoms with E-state index in [1.807, 2.05) is 48.5 Å². The number of fused-ring (bicyclic) bond motifs is 2. The first-order valence-electron chi connectivity index (χ1n) is 13.7. The number of benzene rings is 2. The van der Waals surface area contributed by atoms with Gasteiger partial charge in [-0.2, -0.15) is 12.6 Å². The van der Waals surface area contributed by atoms with E-state index in [1.165, 1.54) is 0 Å². The molecule has 0 fully saturated rings. The summed E-state index contributed by atoms with van der Waals surface area (Å²) in [5.74, 6) is -3.24. The van der Waals surface area contributed by atoms with Crippen LogP contribution in [-0.2, 0) is 32.0 Å². The first-order chi connectivity index (χ1) is 20.1. The van der Waals surface area contributed by atoms with Gasteiger partial charge in [0.05, 0.1) is 6.04 Å². The molecule has 0 spiro atoms. The maximum atomic E-state index is 13.7. The smallest absolute Gasteiger partial charge is 0.326 e. The minimum Gasteiger partial charge on any atom is -0.480 e. The van der Waals surface area contributed by atoms with Crippen molar-refractivity contribution in [1.82, 2.24) is 25.9 Å². The third-order valence-electron chi connectivity index (χ3n) is 7.23.